The average molecular weight is 936 g/mol. The Labute approximate surface area is 424 Å². The Hall–Kier alpha value is -0.894. The number of carbonyl (C=O) groups excluding carboxylic acids is 2. The zero-order valence-electron chi connectivity index (χ0n) is 45.0. The maximum absolute atomic E-state index is 12.7. The molecule has 0 aromatic rings. The van der Waals surface area contributed by atoms with Crippen LogP contribution in [0.3, 0.4) is 0 Å². The minimum atomic E-state index is -0.792. The van der Waals surface area contributed by atoms with Crippen LogP contribution in [0.4, 0.5) is 0 Å². The van der Waals surface area contributed by atoms with Crippen molar-refractivity contribution in [1.82, 2.24) is 0 Å². The zero-order chi connectivity index (χ0) is 48.4. The number of fused-ring (bicyclic) bond motifs is 14. The number of allylic oxidation sites excluding steroid dienone is 4. The number of hydrogen-bond donors (Lipinski definition) is 2. The van der Waals surface area contributed by atoms with Crippen molar-refractivity contribution in [1.29, 1.82) is 0 Å². The molecule has 8 saturated carbocycles. The molecule has 372 valence electrons. The molecule has 10 rings (SSSR count). The Kier molecular flexibility index (Phi) is 13.0. The molecule has 20 atom stereocenters. The van der Waals surface area contributed by atoms with Crippen LogP contribution in [0, 0.1) is 113 Å². The molecule has 0 aromatic heterocycles. The van der Waals surface area contributed by atoms with Gasteiger partial charge < -0.3 is 30.0 Å². The summed E-state index contributed by atoms with van der Waals surface area (Å²) in [7, 11) is 0. The van der Waals surface area contributed by atoms with Crippen LogP contribution in [0.1, 0.15) is 213 Å². The van der Waals surface area contributed by atoms with Gasteiger partial charge in [0.05, 0.1) is 12.2 Å². The molecule has 0 bridgehead atoms. The van der Waals surface area contributed by atoms with Crippen LogP contribution < -0.4 is 10.2 Å². The summed E-state index contributed by atoms with van der Waals surface area (Å²) < 4.78 is 0. The Morgan fingerprint density at radius 2 is 0.821 bits per heavy atom. The Balaban J connectivity index is 0.000000179. The van der Waals surface area contributed by atoms with E-state index in [2.05, 4.69) is 109 Å². The Bertz CT molecular complexity index is 1900. The van der Waals surface area contributed by atoms with Crippen molar-refractivity contribution in [2.75, 3.05) is 0 Å². The molecule has 0 aromatic carbocycles. The van der Waals surface area contributed by atoms with Gasteiger partial charge in [-0.15, -0.1) is 0 Å². The first-order valence-electron chi connectivity index (χ1n) is 27.7. The molecular formula is C60H94MgO6. The van der Waals surface area contributed by atoms with E-state index in [9.17, 15) is 30.0 Å². The molecule has 0 heterocycles. The molecular weight excluding hydrogens is 841 g/mol. The van der Waals surface area contributed by atoms with Crippen LogP contribution in [0.15, 0.2) is 23.3 Å². The minimum absolute atomic E-state index is 0. The van der Waals surface area contributed by atoms with Crippen molar-refractivity contribution in [3.63, 3.8) is 0 Å². The second-order valence-corrected chi connectivity index (χ2v) is 28.9. The molecule has 0 amide bonds. The monoisotopic (exact) mass is 935 g/mol. The fourth-order valence-corrected chi connectivity index (χ4v) is 21.7. The second-order valence-electron chi connectivity index (χ2n) is 28.9. The molecule has 6 nitrogen and oxygen atoms in total. The van der Waals surface area contributed by atoms with Gasteiger partial charge in [0.1, 0.15) is 0 Å². The first-order chi connectivity index (χ1) is 30.5. The molecule has 0 saturated heterocycles. The van der Waals surface area contributed by atoms with Crippen LogP contribution in [0.25, 0.3) is 0 Å². The van der Waals surface area contributed by atoms with Gasteiger partial charge in [-0.25, -0.2) is 0 Å². The summed E-state index contributed by atoms with van der Waals surface area (Å²) in [4.78, 5) is 25.4. The van der Waals surface area contributed by atoms with Crippen molar-refractivity contribution < 1.29 is 30.0 Å². The van der Waals surface area contributed by atoms with E-state index < -0.39 is 22.8 Å². The van der Waals surface area contributed by atoms with Crippen LogP contribution in [-0.2, 0) is 9.59 Å². The fraction of sp³-hybridized carbons (Fsp3) is 0.900. The molecule has 4 unspecified atom stereocenters. The summed E-state index contributed by atoms with van der Waals surface area (Å²) in [6, 6.07) is 0. The van der Waals surface area contributed by atoms with Gasteiger partial charge in [-0.3, -0.25) is 0 Å². The minimum Gasteiger partial charge on any atom is -0.550 e. The van der Waals surface area contributed by atoms with Gasteiger partial charge in [-0.2, -0.15) is 0 Å². The molecule has 10 aliphatic rings. The molecule has 67 heavy (non-hydrogen) atoms. The van der Waals surface area contributed by atoms with Gasteiger partial charge in [-0.1, -0.05) is 120 Å². The number of carboxylic acids is 2. The number of aliphatic hydroxyl groups is 2. The van der Waals surface area contributed by atoms with Gasteiger partial charge in [0.2, 0.25) is 0 Å². The van der Waals surface area contributed by atoms with E-state index in [0.717, 1.165) is 89.9 Å². The number of aliphatic carboxylic acids is 2. The molecule has 0 radical (unpaired) electrons. The van der Waals surface area contributed by atoms with Crippen molar-refractivity contribution in [2.45, 2.75) is 225 Å². The van der Waals surface area contributed by atoms with E-state index in [0.29, 0.717) is 47.3 Å². The summed E-state index contributed by atoms with van der Waals surface area (Å²) in [5.74, 6) is 2.84. The van der Waals surface area contributed by atoms with Crippen LogP contribution >= 0.6 is 0 Å². The third kappa shape index (κ3) is 6.67. The Morgan fingerprint density at radius 3 is 1.15 bits per heavy atom. The summed E-state index contributed by atoms with van der Waals surface area (Å²) >= 11 is 0. The second kappa shape index (κ2) is 16.6. The number of aliphatic hydroxyl groups excluding tert-OH is 2. The summed E-state index contributed by atoms with van der Waals surface area (Å²) in [6.07, 6.45) is 22.7. The molecule has 2 N–H and O–H groups in total. The van der Waals surface area contributed by atoms with Crippen LogP contribution in [0.2, 0.25) is 0 Å². The first-order valence-corrected chi connectivity index (χ1v) is 27.7. The van der Waals surface area contributed by atoms with E-state index in [1.54, 1.807) is 0 Å². The molecule has 8 fully saturated rings. The van der Waals surface area contributed by atoms with Gasteiger partial charge in [0.15, 0.2) is 0 Å². The molecule has 10 aliphatic carbocycles. The van der Waals surface area contributed by atoms with E-state index >= 15 is 0 Å². The van der Waals surface area contributed by atoms with Crippen molar-refractivity contribution in [2.24, 2.45) is 113 Å². The molecule has 0 spiro atoms. The van der Waals surface area contributed by atoms with Crippen molar-refractivity contribution in [3.8, 4) is 0 Å². The van der Waals surface area contributed by atoms with Gasteiger partial charge in [0.25, 0.3) is 0 Å². The van der Waals surface area contributed by atoms with E-state index in [-0.39, 0.29) is 90.4 Å². The topological polar surface area (TPSA) is 121 Å². The van der Waals surface area contributed by atoms with Crippen molar-refractivity contribution in [3.05, 3.63) is 23.3 Å². The third-order valence-corrected chi connectivity index (χ3v) is 26.8. The average Bonchev–Trinajstić information content (AvgIpc) is 3.24. The van der Waals surface area contributed by atoms with Crippen LogP contribution in [0.5, 0.6) is 0 Å². The van der Waals surface area contributed by atoms with Gasteiger partial charge in [-0.05, 0) is 218 Å². The molecule has 7 heteroatoms. The normalized spacial score (nSPS) is 54.5. The predicted molar refractivity (Wildman–Crippen MR) is 266 cm³/mol. The summed E-state index contributed by atoms with van der Waals surface area (Å²) in [5, 5.41) is 47.1. The maximum atomic E-state index is 12.7. The number of carbonyl (C=O) groups is 2. The van der Waals surface area contributed by atoms with E-state index in [1.165, 1.54) is 36.8 Å². The smallest absolute Gasteiger partial charge is 0.550 e. The third-order valence-electron chi connectivity index (χ3n) is 26.8. The van der Waals surface area contributed by atoms with E-state index in [4.69, 9.17) is 0 Å². The SMILES string of the molecule is C[C@H]1[C@H](C)CC[C@]2(C(=O)[O-])CC[C@]3(C)C(=CCC4[C@@]5(C)CC[C@H](O)C(C)(C)C5CC[C@]43C)[C@H]12.C[C@H]1[C@H](C)CC[C@]2(C(=O)[O-])CC[C@]3(C)C(=CCC4[C@@]5(C)CC[C@H](O)C(C)(C)C5CC[C@]43C)[C@H]12.[Mg+2]. The van der Waals surface area contributed by atoms with Gasteiger partial charge in [0, 0.05) is 22.8 Å². The number of hydrogen-bond acceptors (Lipinski definition) is 6. The van der Waals surface area contributed by atoms with Gasteiger partial charge >= 0.3 is 23.1 Å². The zero-order valence-corrected chi connectivity index (χ0v) is 46.5. The van der Waals surface area contributed by atoms with Crippen LogP contribution in [-0.4, -0.2) is 57.4 Å². The quantitative estimate of drug-likeness (QED) is 0.210. The first kappa shape index (κ1) is 52.4. The standard InChI is InChI=1S/2C30H48O3.Mg/c2*1-18-10-15-30(25(32)33)17-16-28(6)20(24(30)19(18)2)8-9-22-27(5)13-12-23(31)26(3,4)21(27)11-14-29(22,28)7;/h2*8,18-19,21-24,31H,9-17H2,1-7H3,(H,32,33);/q;;+2/p-2/t2*18-,19+,21?,22?,23+,24+,27+,28-,29-,30+;/m11./s1. The largest absolute Gasteiger partial charge is 2.00 e. The summed E-state index contributed by atoms with van der Waals surface area (Å²) in [5.41, 5.74) is 2.48. The fourth-order valence-electron chi connectivity index (χ4n) is 21.7. The van der Waals surface area contributed by atoms with Crippen molar-refractivity contribution >= 4 is 35.0 Å². The predicted octanol–water partition coefficient (Wildman–Crippen LogP) is 11.1. The summed E-state index contributed by atoms with van der Waals surface area (Å²) in [6.45, 7) is 33.7. The Morgan fingerprint density at radius 1 is 0.478 bits per heavy atom. The van der Waals surface area contributed by atoms with E-state index in [1.807, 2.05) is 0 Å². The maximum Gasteiger partial charge on any atom is 2.00 e. The number of rotatable bonds is 2. The number of carboxylic acid groups (broad SMARTS) is 2. The molecule has 0 aliphatic heterocycles.